The Bertz CT molecular complexity index is 619. The second kappa shape index (κ2) is 7.17. The highest BCUT2D eigenvalue weighted by molar-refractivity contribution is 5.89. The first-order valence-corrected chi connectivity index (χ1v) is 7.25. The number of aromatic nitrogens is 3. The normalized spacial score (nSPS) is 11.2. The number of nitrogens with zero attached hydrogens (tertiary/aromatic N) is 4. The number of hydrogen-bond donors (Lipinski definition) is 0. The number of methoxy groups -OCH3 is 1. The first-order valence-electron chi connectivity index (χ1n) is 7.25. The highest BCUT2D eigenvalue weighted by Crippen LogP contribution is 2.11. The predicted octanol–water partition coefficient (Wildman–Crippen LogP) is 2.28. The fourth-order valence-corrected chi connectivity index (χ4v) is 2.29. The van der Waals surface area contributed by atoms with Gasteiger partial charge in [0.25, 0.3) is 0 Å². The Morgan fingerprint density at radius 1 is 1.27 bits per heavy atom. The number of hydrogen-bond acceptors (Lipinski definition) is 5. The van der Waals surface area contributed by atoms with Crippen molar-refractivity contribution in [1.29, 1.82) is 0 Å². The van der Waals surface area contributed by atoms with Gasteiger partial charge in [0, 0.05) is 12.6 Å². The lowest BCUT2D eigenvalue weighted by Gasteiger charge is -2.18. The Labute approximate surface area is 130 Å². The summed E-state index contributed by atoms with van der Waals surface area (Å²) >= 11 is 0. The molecule has 1 aromatic heterocycles. The van der Waals surface area contributed by atoms with Crippen LogP contribution in [-0.2, 0) is 17.8 Å². The van der Waals surface area contributed by atoms with E-state index in [9.17, 15) is 4.79 Å². The van der Waals surface area contributed by atoms with Crippen LogP contribution in [0, 0.1) is 0 Å². The van der Waals surface area contributed by atoms with Crippen LogP contribution in [0.5, 0.6) is 0 Å². The smallest absolute Gasteiger partial charge is 0.337 e. The van der Waals surface area contributed by atoms with Gasteiger partial charge in [0.1, 0.15) is 12.2 Å². The third-order valence-electron chi connectivity index (χ3n) is 3.38. The van der Waals surface area contributed by atoms with Crippen LogP contribution < -0.4 is 0 Å². The summed E-state index contributed by atoms with van der Waals surface area (Å²) in [5.74, 6) is 0.633. The van der Waals surface area contributed by atoms with Gasteiger partial charge in [0.2, 0.25) is 0 Å². The largest absolute Gasteiger partial charge is 0.465 e. The molecule has 0 fully saturated rings. The molecule has 0 bridgehead atoms. The maximum Gasteiger partial charge on any atom is 0.337 e. The van der Waals surface area contributed by atoms with Crippen molar-refractivity contribution < 1.29 is 9.53 Å². The number of ether oxygens (including phenoxy) is 1. The van der Waals surface area contributed by atoms with E-state index >= 15 is 0 Å². The summed E-state index contributed by atoms with van der Waals surface area (Å²) in [6, 6.07) is 7.74. The van der Waals surface area contributed by atoms with Crippen LogP contribution in [0.4, 0.5) is 0 Å². The van der Waals surface area contributed by atoms with Gasteiger partial charge in [-0.3, -0.25) is 4.90 Å². The van der Waals surface area contributed by atoms with Crippen molar-refractivity contribution in [1.82, 2.24) is 19.7 Å². The molecular formula is C16H22N4O2. The molecule has 0 radical (unpaired) electrons. The molecule has 0 aliphatic rings. The monoisotopic (exact) mass is 302 g/mol. The van der Waals surface area contributed by atoms with Gasteiger partial charge in [-0.05, 0) is 38.6 Å². The average molecular weight is 302 g/mol. The van der Waals surface area contributed by atoms with E-state index in [4.69, 9.17) is 4.74 Å². The first kappa shape index (κ1) is 16.2. The lowest BCUT2D eigenvalue weighted by atomic mass is 10.1. The molecular weight excluding hydrogens is 280 g/mol. The highest BCUT2D eigenvalue weighted by Gasteiger charge is 2.11. The quantitative estimate of drug-likeness (QED) is 0.766. The number of benzene rings is 1. The van der Waals surface area contributed by atoms with Gasteiger partial charge in [0.15, 0.2) is 0 Å². The van der Waals surface area contributed by atoms with Crippen LogP contribution in [0.25, 0.3) is 0 Å². The molecule has 0 saturated heterocycles. The van der Waals surface area contributed by atoms with Crippen molar-refractivity contribution in [2.45, 2.75) is 33.0 Å². The average Bonchev–Trinajstić information content (AvgIpc) is 2.95. The van der Waals surface area contributed by atoms with E-state index in [0.717, 1.165) is 24.5 Å². The second-order valence-electron chi connectivity index (χ2n) is 5.58. The van der Waals surface area contributed by atoms with Crippen LogP contribution in [-0.4, -0.2) is 39.8 Å². The van der Waals surface area contributed by atoms with Crippen molar-refractivity contribution in [3.05, 3.63) is 47.5 Å². The SMILES string of the molecule is COC(=O)c1ccc(CN(C)Cc2ncnn2C(C)C)cc1. The molecule has 0 atom stereocenters. The molecule has 0 amide bonds. The van der Waals surface area contributed by atoms with Crippen molar-refractivity contribution in [2.24, 2.45) is 0 Å². The molecule has 0 aliphatic carbocycles. The molecule has 0 spiro atoms. The van der Waals surface area contributed by atoms with Gasteiger partial charge >= 0.3 is 5.97 Å². The predicted molar refractivity (Wildman–Crippen MR) is 83.4 cm³/mol. The number of carbonyl (C=O) groups excluding carboxylic acids is 1. The van der Waals surface area contributed by atoms with Crippen LogP contribution in [0.15, 0.2) is 30.6 Å². The Morgan fingerprint density at radius 2 is 1.95 bits per heavy atom. The molecule has 6 nitrogen and oxygen atoms in total. The summed E-state index contributed by atoms with van der Waals surface area (Å²) in [5, 5.41) is 4.24. The third kappa shape index (κ3) is 3.92. The molecule has 2 aromatic rings. The Kier molecular flexibility index (Phi) is 5.27. The van der Waals surface area contributed by atoms with Gasteiger partial charge in [0.05, 0.1) is 19.2 Å². The molecule has 1 aromatic carbocycles. The fourth-order valence-electron chi connectivity index (χ4n) is 2.29. The molecule has 118 valence electrons. The minimum atomic E-state index is -0.315. The molecule has 2 rings (SSSR count). The molecule has 6 heteroatoms. The summed E-state index contributed by atoms with van der Waals surface area (Å²) in [6.07, 6.45) is 1.59. The van der Waals surface area contributed by atoms with E-state index in [1.807, 2.05) is 23.9 Å². The number of rotatable bonds is 6. The fraction of sp³-hybridized carbons (Fsp3) is 0.438. The maximum absolute atomic E-state index is 11.4. The topological polar surface area (TPSA) is 60.2 Å². The van der Waals surface area contributed by atoms with E-state index in [-0.39, 0.29) is 5.97 Å². The van der Waals surface area contributed by atoms with Crippen molar-refractivity contribution in [2.75, 3.05) is 14.2 Å². The molecule has 0 saturated carbocycles. The Morgan fingerprint density at radius 3 is 2.55 bits per heavy atom. The van der Waals surface area contributed by atoms with Gasteiger partial charge in [-0.2, -0.15) is 5.10 Å². The number of carbonyl (C=O) groups is 1. The summed E-state index contributed by atoms with van der Waals surface area (Å²) in [4.78, 5) is 17.9. The zero-order chi connectivity index (χ0) is 16.1. The van der Waals surface area contributed by atoms with Crippen molar-refractivity contribution in [3.8, 4) is 0 Å². The van der Waals surface area contributed by atoms with Crippen molar-refractivity contribution >= 4 is 5.97 Å². The highest BCUT2D eigenvalue weighted by atomic mass is 16.5. The minimum Gasteiger partial charge on any atom is -0.465 e. The standard InChI is InChI=1S/C16H22N4O2/c1-12(2)20-15(17-11-18-20)10-19(3)9-13-5-7-14(8-6-13)16(21)22-4/h5-8,11-12H,9-10H2,1-4H3. The van der Waals surface area contributed by atoms with Gasteiger partial charge < -0.3 is 4.74 Å². The number of esters is 1. The lowest BCUT2D eigenvalue weighted by Crippen LogP contribution is -2.21. The summed E-state index contributed by atoms with van der Waals surface area (Å²) in [5.41, 5.74) is 1.69. The summed E-state index contributed by atoms with van der Waals surface area (Å²) < 4.78 is 6.62. The molecule has 0 unspecified atom stereocenters. The van der Waals surface area contributed by atoms with E-state index in [1.54, 1.807) is 18.5 Å². The minimum absolute atomic E-state index is 0.297. The lowest BCUT2D eigenvalue weighted by molar-refractivity contribution is 0.0600. The van der Waals surface area contributed by atoms with Crippen LogP contribution in [0.3, 0.4) is 0 Å². The molecule has 22 heavy (non-hydrogen) atoms. The van der Waals surface area contributed by atoms with Gasteiger partial charge in [-0.15, -0.1) is 0 Å². The van der Waals surface area contributed by atoms with E-state index in [0.29, 0.717) is 11.6 Å². The van der Waals surface area contributed by atoms with E-state index in [1.165, 1.54) is 7.11 Å². The van der Waals surface area contributed by atoms with Crippen LogP contribution in [0.1, 0.15) is 41.6 Å². The van der Waals surface area contributed by atoms with Crippen LogP contribution >= 0.6 is 0 Å². The summed E-state index contributed by atoms with van der Waals surface area (Å²) in [7, 11) is 3.42. The van der Waals surface area contributed by atoms with E-state index < -0.39 is 0 Å². The van der Waals surface area contributed by atoms with Gasteiger partial charge in [-0.25, -0.2) is 14.5 Å². The third-order valence-corrected chi connectivity index (χ3v) is 3.38. The van der Waals surface area contributed by atoms with Crippen molar-refractivity contribution in [3.63, 3.8) is 0 Å². The zero-order valence-corrected chi connectivity index (χ0v) is 13.5. The van der Waals surface area contributed by atoms with E-state index in [2.05, 4.69) is 28.8 Å². The Balaban J connectivity index is 1.98. The van der Waals surface area contributed by atoms with Gasteiger partial charge in [-0.1, -0.05) is 12.1 Å². The zero-order valence-electron chi connectivity index (χ0n) is 13.5. The first-order chi connectivity index (χ1) is 10.5. The van der Waals surface area contributed by atoms with Crippen LogP contribution in [0.2, 0.25) is 0 Å². The molecule has 0 N–H and O–H groups in total. The molecule has 1 heterocycles. The maximum atomic E-state index is 11.4. The Hall–Kier alpha value is -2.21. The second-order valence-corrected chi connectivity index (χ2v) is 5.58. The summed E-state index contributed by atoms with van der Waals surface area (Å²) in [6.45, 7) is 5.66. The molecule has 0 aliphatic heterocycles.